The summed E-state index contributed by atoms with van der Waals surface area (Å²) in [6, 6.07) is 4.12. The van der Waals surface area contributed by atoms with Gasteiger partial charge in [0.25, 0.3) is 10.1 Å². The van der Waals surface area contributed by atoms with Gasteiger partial charge in [0.05, 0.1) is 4.90 Å². The highest BCUT2D eigenvalue weighted by Gasteiger charge is 2.17. The van der Waals surface area contributed by atoms with Crippen molar-refractivity contribution in [2.75, 3.05) is 5.32 Å². The third kappa shape index (κ3) is 2.00. The number of carbonyl (C=O) groups excluding carboxylic acids is 1. The van der Waals surface area contributed by atoms with E-state index in [9.17, 15) is 13.2 Å². The molecule has 0 spiro atoms. The number of aryl methyl sites for hydroxylation is 1. The average Bonchev–Trinajstić information content (AvgIpc) is 2.15. The Kier molecular flexibility index (Phi) is 2.24. The lowest BCUT2D eigenvalue weighted by atomic mass is 10.0. The van der Waals surface area contributed by atoms with E-state index >= 15 is 0 Å². The van der Waals surface area contributed by atoms with Crippen LogP contribution in [0.1, 0.15) is 12.0 Å². The van der Waals surface area contributed by atoms with E-state index in [-0.39, 0.29) is 10.8 Å². The molecule has 0 bridgehead atoms. The van der Waals surface area contributed by atoms with Gasteiger partial charge in [-0.1, -0.05) is 0 Å². The maximum Gasteiger partial charge on any atom is 0.294 e. The monoisotopic (exact) mass is 227 g/mol. The quantitative estimate of drug-likeness (QED) is 0.696. The fraction of sp³-hybridized carbons (Fsp3) is 0.222. The highest BCUT2D eigenvalue weighted by atomic mass is 32.2. The van der Waals surface area contributed by atoms with Gasteiger partial charge in [0.1, 0.15) is 0 Å². The summed E-state index contributed by atoms with van der Waals surface area (Å²) >= 11 is 0. The third-order valence-electron chi connectivity index (χ3n) is 2.27. The van der Waals surface area contributed by atoms with Gasteiger partial charge in [-0.3, -0.25) is 9.35 Å². The van der Waals surface area contributed by atoms with Gasteiger partial charge in [-0.2, -0.15) is 8.42 Å². The summed E-state index contributed by atoms with van der Waals surface area (Å²) in [5.41, 5.74) is 1.34. The van der Waals surface area contributed by atoms with Crippen LogP contribution < -0.4 is 5.32 Å². The molecule has 0 saturated heterocycles. The minimum Gasteiger partial charge on any atom is -0.326 e. The summed E-state index contributed by atoms with van der Waals surface area (Å²) in [6.45, 7) is 0. The Morgan fingerprint density at radius 1 is 1.27 bits per heavy atom. The maximum atomic E-state index is 11.0. The molecular formula is C9H9NO4S. The van der Waals surface area contributed by atoms with Crippen molar-refractivity contribution >= 4 is 21.7 Å². The highest BCUT2D eigenvalue weighted by molar-refractivity contribution is 7.85. The number of carbonyl (C=O) groups is 1. The Bertz CT molecular complexity index is 521. The molecule has 80 valence electrons. The zero-order valence-corrected chi connectivity index (χ0v) is 8.54. The number of rotatable bonds is 1. The van der Waals surface area contributed by atoms with E-state index in [4.69, 9.17) is 4.55 Å². The molecule has 0 aromatic heterocycles. The summed E-state index contributed by atoms with van der Waals surface area (Å²) in [6.07, 6.45) is 0.826. The molecule has 2 rings (SSSR count). The van der Waals surface area contributed by atoms with Crippen molar-refractivity contribution in [2.24, 2.45) is 0 Å². The molecule has 2 N–H and O–H groups in total. The van der Waals surface area contributed by atoms with Crippen molar-refractivity contribution in [3.63, 3.8) is 0 Å². The third-order valence-corrected chi connectivity index (χ3v) is 3.12. The Hall–Kier alpha value is -1.40. The summed E-state index contributed by atoms with van der Waals surface area (Å²) in [5, 5.41) is 2.62. The molecule has 1 aromatic carbocycles. The van der Waals surface area contributed by atoms with E-state index in [0.29, 0.717) is 18.5 Å². The van der Waals surface area contributed by atoms with Gasteiger partial charge in [-0.25, -0.2) is 0 Å². The van der Waals surface area contributed by atoms with Gasteiger partial charge >= 0.3 is 0 Å². The van der Waals surface area contributed by atoms with Crippen LogP contribution >= 0.6 is 0 Å². The lowest BCUT2D eigenvalue weighted by Crippen LogP contribution is -2.19. The van der Waals surface area contributed by atoms with Crippen LogP contribution in [0.4, 0.5) is 5.69 Å². The smallest absolute Gasteiger partial charge is 0.294 e. The van der Waals surface area contributed by atoms with Gasteiger partial charge in [-0.05, 0) is 30.2 Å². The first kappa shape index (κ1) is 10.1. The van der Waals surface area contributed by atoms with Crippen LogP contribution in [0.5, 0.6) is 0 Å². The summed E-state index contributed by atoms with van der Waals surface area (Å²) in [4.78, 5) is 10.9. The van der Waals surface area contributed by atoms with Crippen molar-refractivity contribution < 1.29 is 17.8 Å². The number of anilines is 1. The number of benzene rings is 1. The van der Waals surface area contributed by atoms with E-state index < -0.39 is 10.1 Å². The van der Waals surface area contributed by atoms with Gasteiger partial charge in [0.15, 0.2) is 0 Å². The van der Waals surface area contributed by atoms with Gasteiger partial charge in [0, 0.05) is 12.1 Å². The topological polar surface area (TPSA) is 83.5 Å². The SMILES string of the molecule is O=C1CCc2cc(S(=O)(=O)O)ccc2N1. The van der Waals surface area contributed by atoms with Crippen molar-refractivity contribution in [2.45, 2.75) is 17.7 Å². The molecule has 15 heavy (non-hydrogen) atoms. The maximum absolute atomic E-state index is 11.0. The first-order chi connectivity index (χ1) is 6.97. The van der Waals surface area contributed by atoms with E-state index in [1.807, 2.05) is 0 Å². The predicted octanol–water partition coefficient (Wildman–Crippen LogP) is 0.818. The summed E-state index contributed by atoms with van der Waals surface area (Å²) in [5.74, 6) is -0.0814. The molecule has 0 unspecified atom stereocenters. The molecule has 5 nitrogen and oxygen atoms in total. The van der Waals surface area contributed by atoms with E-state index in [1.54, 1.807) is 0 Å². The standard InChI is InChI=1S/C9H9NO4S/c11-9-4-1-6-5-7(15(12,13)14)2-3-8(6)10-9/h2-3,5H,1,4H2,(H,10,11)(H,12,13,14). The van der Waals surface area contributed by atoms with Crippen LogP contribution in [0.25, 0.3) is 0 Å². The Morgan fingerprint density at radius 2 is 2.00 bits per heavy atom. The van der Waals surface area contributed by atoms with Gasteiger partial charge < -0.3 is 5.32 Å². The highest BCUT2D eigenvalue weighted by Crippen LogP contribution is 2.25. The van der Waals surface area contributed by atoms with Crippen molar-refractivity contribution in [3.8, 4) is 0 Å². The molecule has 0 aliphatic carbocycles. The fourth-order valence-corrected chi connectivity index (χ4v) is 2.05. The minimum absolute atomic E-state index is 0.0814. The lowest BCUT2D eigenvalue weighted by molar-refractivity contribution is -0.116. The van der Waals surface area contributed by atoms with E-state index in [2.05, 4.69) is 5.32 Å². The molecule has 1 aliphatic heterocycles. The molecule has 0 atom stereocenters. The Labute approximate surface area is 86.9 Å². The van der Waals surface area contributed by atoms with Gasteiger partial charge in [0.2, 0.25) is 5.91 Å². The Morgan fingerprint density at radius 3 is 2.67 bits per heavy atom. The van der Waals surface area contributed by atoms with E-state index in [1.165, 1.54) is 18.2 Å². The number of hydrogen-bond donors (Lipinski definition) is 2. The van der Waals surface area contributed by atoms with Crippen molar-refractivity contribution in [3.05, 3.63) is 23.8 Å². The number of nitrogens with one attached hydrogen (secondary N) is 1. The first-order valence-electron chi connectivity index (χ1n) is 4.37. The summed E-state index contributed by atoms with van der Waals surface area (Å²) < 4.78 is 30.5. The molecule has 0 saturated carbocycles. The molecule has 0 fully saturated rings. The number of hydrogen-bond acceptors (Lipinski definition) is 3. The van der Waals surface area contributed by atoms with Crippen LogP contribution in [0.2, 0.25) is 0 Å². The van der Waals surface area contributed by atoms with Crippen LogP contribution in [0, 0.1) is 0 Å². The molecular weight excluding hydrogens is 218 g/mol. The molecule has 0 radical (unpaired) electrons. The van der Waals surface area contributed by atoms with Crippen molar-refractivity contribution in [1.82, 2.24) is 0 Å². The lowest BCUT2D eigenvalue weighted by Gasteiger charge is -2.16. The predicted molar refractivity (Wildman–Crippen MR) is 53.2 cm³/mol. The molecule has 1 aromatic rings. The second kappa shape index (κ2) is 3.32. The van der Waals surface area contributed by atoms with E-state index in [0.717, 1.165) is 5.56 Å². The Balaban J connectivity index is 2.48. The molecule has 1 amide bonds. The van der Waals surface area contributed by atoms with Gasteiger partial charge in [-0.15, -0.1) is 0 Å². The zero-order valence-electron chi connectivity index (χ0n) is 7.73. The summed E-state index contributed by atoms with van der Waals surface area (Å²) in [7, 11) is -4.16. The molecule has 1 heterocycles. The fourth-order valence-electron chi connectivity index (χ4n) is 1.52. The second-order valence-corrected chi connectivity index (χ2v) is 4.76. The first-order valence-corrected chi connectivity index (χ1v) is 5.81. The van der Waals surface area contributed by atoms with Crippen LogP contribution in [0.3, 0.4) is 0 Å². The average molecular weight is 227 g/mol. The normalized spacial score (nSPS) is 15.7. The number of fused-ring (bicyclic) bond motifs is 1. The van der Waals surface area contributed by atoms with Crippen LogP contribution in [0.15, 0.2) is 23.1 Å². The number of amides is 1. The van der Waals surface area contributed by atoms with Crippen molar-refractivity contribution in [1.29, 1.82) is 0 Å². The molecule has 1 aliphatic rings. The largest absolute Gasteiger partial charge is 0.326 e. The van der Waals surface area contributed by atoms with Crippen LogP contribution in [-0.4, -0.2) is 18.9 Å². The molecule has 6 heteroatoms. The van der Waals surface area contributed by atoms with Crippen LogP contribution in [-0.2, 0) is 21.3 Å². The second-order valence-electron chi connectivity index (χ2n) is 3.34. The zero-order chi connectivity index (χ0) is 11.1. The minimum atomic E-state index is -4.16.